The Balaban J connectivity index is 1.85. The summed E-state index contributed by atoms with van der Waals surface area (Å²) in [6.45, 7) is 0. The molecule has 3 rings (SSSR count). The average molecular weight is 344 g/mol. The number of benzene rings is 1. The van der Waals surface area contributed by atoms with Crippen LogP contribution in [0.3, 0.4) is 0 Å². The zero-order chi connectivity index (χ0) is 17.8. The molecule has 1 aromatic heterocycles. The summed E-state index contributed by atoms with van der Waals surface area (Å²) in [6, 6.07) is 6.28. The van der Waals surface area contributed by atoms with Crippen molar-refractivity contribution in [2.24, 2.45) is 0 Å². The molecule has 2 atom stereocenters. The minimum Gasteiger partial charge on any atom is -0.490 e. The van der Waals surface area contributed by atoms with Crippen LogP contribution >= 0.6 is 0 Å². The smallest absolute Gasteiger partial charge is 0.323 e. The molecule has 1 amide bonds. The van der Waals surface area contributed by atoms with Crippen LogP contribution in [-0.2, 0) is 0 Å². The summed E-state index contributed by atoms with van der Waals surface area (Å²) < 4.78 is 6.88. The molecule has 1 saturated carbocycles. The molecule has 1 aliphatic rings. The summed E-state index contributed by atoms with van der Waals surface area (Å²) in [5.74, 6) is -0.389. The van der Waals surface area contributed by atoms with Gasteiger partial charge in [0.25, 0.3) is 5.91 Å². The van der Waals surface area contributed by atoms with Crippen LogP contribution in [0.15, 0.2) is 36.7 Å². The van der Waals surface area contributed by atoms with E-state index in [0.717, 1.165) is 25.7 Å². The van der Waals surface area contributed by atoms with Gasteiger partial charge < -0.3 is 10.1 Å². The van der Waals surface area contributed by atoms with Gasteiger partial charge in [-0.25, -0.2) is 0 Å². The highest BCUT2D eigenvalue weighted by Crippen LogP contribution is 2.32. The van der Waals surface area contributed by atoms with Crippen LogP contribution in [0.1, 0.15) is 42.1 Å². The van der Waals surface area contributed by atoms with Crippen molar-refractivity contribution in [1.29, 1.82) is 0 Å². The largest absolute Gasteiger partial charge is 0.490 e. The van der Waals surface area contributed by atoms with E-state index in [0.29, 0.717) is 0 Å². The molecule has 8 nitrogen and oxygen atoms in total. The number of hydrogen-bond acceptors (Lipinski definition) is 5. The normalized spacial score (nSPS) is 20.0. The predicted molar refractivity (Wildman–Crippen MR) is 90.6 cm³/mol. The van der Waals surface area contributed by atoms with Crippen molar-refractivity contribution < 1.29 is 14.5 Å². The molecule has 1 aromatic carbocycles. The Hall–Kier alpha value is -2.90. The molecule has 0 saturated heterocycles. The number of nitrogens with zero attached hydrogens (tertiary/aromatic N) is 3. The molecule has 0 aliphatic heterocycles. The van der Waals surface area contributed by atoms with E-state index in [2.05, 4.69) is 10.4 Å². The lowest BCUT2D eigenvalue weighted by Crippen LogP contribution is -2.43. The van der Waals surface area contributed by atoms with Crippen molar-refractivity contribution >= 4 is 11.6 Å². The molecule has 1 fully saturated rings. The second-order valence-corrected chi connectivity index (χ2v) is 6.03. The lowest BCUT2D eigenvalue weighted by Gasteiger charge is -2.32. The minimum absolute atomic E-state index is 0.00846. The molecule has 132 valence electrons. The Bertz CT molecular complexity index is 760. The summed E-state index contributed by atoms with van der Waals surface area (Å²) in [5, 5.41) is 18.6. The lowest BCUT2D eigenvalue weighted by atomic mass is 9.90. The van der Waals surface area contributed by atoms with E-state index in [1.165, 1.54) is 19.2 Å². The highest BCUT2D eigenvalue weighted by Gasteiger charge is 2.31. The number of aromatic nitrogens is 2. The van der Waals surface area contributed by atoms with Gasteiger partial charge in [0.1, 0.15) is 5.56 Å². The molecule has 0 unspecified atom stereocenters. The molecule has 0 spiro atoms. The second-order valence-electron chi connectivity index (χ2n) is 6.03. The first kappa shape index (κ1) is 16.9. The van der Waals surface area contributed by atoms with Crippen LogP contribution in [0.4, 0.5) is 5.69 Å². The number of methoxy groups -OCH3 is 1. The van der Waals surface area contributed by atoms with E-state index in [1.54, 1.807) is 12.3 Å². The zero-order valence-corrected chi connectivity index (χ0v) is 13.9. The summed E-state index contributed by atoms with van der Waals surface area (Å²) >= 11 is 0. The number of nitro groups is 1. The quantitative estimate of drug-likeness (QED) is 0.664. The molecular formula is C17H20N4O4. The number of amides is 1. The molecule has 1 aliphatic carbocycles. The van der Waals surface area contributed by atoms with E-state index in [9.17, 15) is 14.9 Å². The van der Waals surface area contributed by atoms with Gasteiger partial charge in [0.15, 0.2) is 5.75 Å². The molecule has 25 heavy (non-hydrogen) atoms. The van der Waals surface area contributed by atoms with E-state index in [1.807, 2.05) is 16.9 Å². The summed E-state index contributed by atoms with van der Waals surface area (Å²) in [5.41, 5.74) is -0.303. The summed E-state index contributed by atoms with van der Waals surface area (Å²) in [7, 11) is 1.35. The fourth-order valence-corrected chi connectivity index (χ4v) is 3.38. The van der Waals surface area contributed by atoms with Crippen LogP contribution in [0, 0.1) is 10.1 Å². The molecule has 2 aromatic rings. The monoisotopic (exact) mass is 344 g/mol. The number of nitrogens with one attached hydrogen (secondary N) is 1. The minimum atomic E-state index is -0.584. The van der Waals surface area contributed by atoms with E-state index in [4.69, 9.17) is 4.74 Å². The highest BCUT2D eigenvalue weighted by molar-refractivity contribution is 5.99. The van der Waals surface area contributed by atoms with Crippen LogP contribution in [0.5, 0.6) is 5.75 Å². The fourth-order valence-electron chi connectivity index (χ4n) is 3.38. The number of para-hydroxylation sites is 1. The third kappa shape index (κ3) is 3.47. The summed E-state index contributed by atoms with van der Waals surface area (Å²) in [4.78, 5) is 23.5. The van der Waals surface area contributed by atoms with Crippen LogP contribution in [0.25, 0.3) is 0 Å². The maximum absolute atomic E-state index is 12.7. The second kappa shape index (κ2) is 7.33. The number of carbonyl (C=O) groups excluding carboxylic acids is 1. The van der Waals surface area contributed by atoms with Gasteiger partial charge in [0, 0.05) is 12.4 Å². The SMILES string of the molecule is COc1cccc(C(=O)N[C@@H]2CCCC[C@@H]2n2cccn2)c1[N+](=O)[O-]. The third-order valence-electron chi connectivity index (χ3n) is 4.56. The first-order valence-corrected chi connectivity index (χ1v) is 8.23. The van der Waals surface area contributed by atoms with Gasteiger partial charge in [0.05, 0.1) is 24.1 Å². The highest BCUT2D eigenvalue weighted by atomic mass is 16.6. The molecule has 0 bridgehead atoms. The van der Waals surface area contributed by atoms with Crippen molar-refractivity contribution in [3.05, 3.63) is 52.3 Å². The van der Waals surface area contributed by atoms with Gasteiger partial charge in [0.2, 0.25) is 0 Å². The third-order valence-corrected chi connectivity index (χ3v) is 4.56. The lowest BCUT2D eigenvalue weighted by molar-refractivity contribution is -0.386. The van der Waals surface area contributed by atoms with E-state index < -0.39 is 10.8 Å². The number of ether oxygens (including phenoxy) is 1. The molecule has 1 heterocycles. The number of hydrogen-bond donors (Lipinski definition) is 1. The topological polar surface area (TPSA) is 99.3 Å². The van der Waals surface area contributed by atoms with Crippen LogP contribution in [0.2, 0.25) is 0 Å². The summed E-state index contributed by atoms with van der Waals surface area (Å²) in [6.07, 6.45) is 7.38. The number of nitro benzene ring substituents is 1. The Labute approximate surface area is 144 Å². The maximum Gasteiger partial charge on any atom is 0.323 e. The van der Waals surface area contributed by atoms with Crippen molar-refractivity contribution in [3.8, 4) is 5.75 Å². The van der Waals surface area contributed by atoms with Crippen LogP contribution < -0.4 is 10.1 Å². The Morgan fingerprint density at radius 1 is 1.36 bits per heavy atom. The molecule has 1 N–H and O–H groups in total. The standard InChI is InChI=1S/C17H20N4O4/c1-25-15-9-4-6-12(16(15)21(23)24)17(22)19-13-7-2-3-8-14(13)20-11-5-10-18-20/h4-6,9-11,13-14H,2-3,7-8H2,1H3,(H,19,22)/t13-,14+/m1/s1. The van der Waals surface area contributed by atoms with Crippen molar-refractivity contribution in [1.82, 2.24) is 15.1 Å². The van der Waals surface area contributed by atoms with E-state index >= 15 is 0 Å². The number of rotatable bonds is 5. The number of carbonyl (C=O) groups is 1. The van der Waals surface area contributed by atoms with Gasteiger partial charge in [-0.05, 0) is 31.0 Å². The van der Waals surface area contributed by atoms with Gasteiger partial charge in [-0.3, -0.25) is 19.6 Å². The molecular weight excluding hydrogens is 324 g/mol. The predicted octanol–water partition coefficient (Wildman–Crippen LogP) is 2.71. The Kier molecular flexibility index (Phi) is 4.97. The molecule has 8 heteroatoms. The fraction of sp³-hybridized carbons (Fsp3) is 0.412. The Morgan fingerprint density at radius 2 is 2.16 bits per heavy atom. The van der Waals surface area contributed by atoms with Crippen molar-refractivity contribution in [2.45, 2.75) is 37.8 Å². The van der Waals surface area contributed by atoms with Gasteiger partial charge in [-0.2, -0.15) is 5.10 Å². The first-order valence-electron chi connectivity index (χ1n) is 8.23. The van der Waals surface area contributed by atoms with Gasteiger partial charge in [-0.1, -0.05) is 18.9 Å². The van der Waals surface area contributed by atoms with Crippen LogP contribution in [-0.4, -0.2) is 33.8 Å². The average Bonchev–Trinajstić information content (AvgIpc) is 3.15. The molecule has 0 radical (unpaired) electrons. The Morgan fingerprint density at radius 3 is 2.84 bits per heavy atom. The maximum atomic E-state index is 12.7. The van der Waals surface area contributed by atoms with Crippen molar-refractivity contribution in [3.63, 3.8) is 0 Å². The van der Waals surface area contributed by atoms with Gasteiger partial charge in [-0.15, -0.1) is 0 Å². The zero-order valence-electron chi connectivity index (χ0n) is 13.9. The van der Waals surface area contributed by atoms with Gasteiger partial charge >= 0.3 is 5.69 Å². The van der Waals surface area contributed by atoms with Crippen molar-refractivity contribution in [2.75, 3.05) is 7.11 Å². The van der Waals surface area contributed by atoms with E-state index in [-0.39, 0.29) is 29.1 Å². The first-order chi connectivity index (χ1) is 12.1.